The highest BCUT2D eigenvalue weighted by Gasteiger charge is 2.24. The number of aromatic nitrogens is 1. The van der Waals surface area contributed by atoms with Crippen LogP contribution in [0.4, 0.5) is 5.82 Å². The summed E-state index contributed by atoms with van der Waals surface area (Å²) < 4.78 is 10.7. The van der Waals surface area contributed by atoms with E-state index in [2.05, 4.69) is 5.16 Å². The summed E-state index contributed by atoms with van der Waals surface area (Å²) in [4.78, 5) is 0. The van der Waals surface area contributed by atoms with Gasteiger partial charge < -0.3 is 15.0 Å². The summed E-state index contributed by atoms with van der Waals surface area (Å²) in [6.45, 7) is 0. The molecule has 4 nitrogen and oxygen atoms in total. The third-order valence-corrected chi connectivity index (χ3v) is 2.86. The van der Waals surface area contributed by atoms with E-state index < -0.39 is 0 Å². The van der Waals surface area contributed by atoms with Gasteiger partial charge in [-0.25, -0.2) is 0 Å². The molecule has 0 spiro atoms. The van der Waals surface area contributed by atoms with Gasteiger partial charge in [-0.1, -0.05) is 16.8 Å². The topological polar surface area (TPSA) is 61.3 Å². The zero-order valence-corrected chi connectivity index (χ0v) is 9.78. The van der Waals surface area contributed by atoms with Crippen molar-refractivity contribution in [3.8, 4) is 17.1 Å². The largest absolute Gasteiger partial charge is 0.489 e. The van der Waals surface area contributed by atoms with Crippen LogP contribution in [0.5, 0.6) is 5.75 Å². The summed E-state index contributed by atoms with van der Waals surface area (Å²) >= 11 is 6.14. The molecule has 0 amide bonds. The fourth-order valence-electron chi connectivity index (χ4n) is 1.54. The van der Waals surface area contributed by atoms with Crippen molar-refractivity contribution in [3.63, 3.8) is 0 Å². The summed E-state index contributed by atoms with van der Waals surface area (Å²) in [5.41, 5.74) is 6.33. The Hall–Kier alpha value is -1.68. The average molecular weight is 251 g/mol. The number of nitrogen functional groups attached to an aromatic ring is 1. The van der Waals surface area contributed by atoms with Crippen LogP contribution in [0.25, 0.3) is 11.3 Å². The van der Waals surface area contributed by atoms with E-state index in [1.807, 2.05) is 12.1 Å². The maximum atomic E-state index is 6.14. The second-order valence-corrected chi connectivity index (χ2v) is 4.49. The van der Waals surface area contributed by atoms with Gasteiger partial charge in [-0.3, -0.25) is 0 Å². The molecule has 0 bridgehead atoms. The smallest absolute Gasteiger partial charge is 0.169 e. The fraction of sp³-hybridized carbons (Fsp3) is 0.250. The number of ether oxygens (including phenoxy) is 1. The first kappa shape index (κ1) is 10.5. The monoisotopic (exact) mass is 250 g/mol. The molecule has 2 aromatic rings. The van der Waals surface area contributed by atoms with Gasteiger partial charge >= 0.3 is 0 Å². The van der Waals surface area contributed by atoms with Crippen LogP contribution in [-0.2, 0) is 0 Å². The third kappa shape index (κ3) is 2.22. The molecule has 0 unspecified atom stereocenters. The summed E-state index contributed by atoms with van der Waals surface area (Å²) in [6.07, 6.45) is 2.55. The van der Waals surface area contributed by atoms with E-state index in [-0.39, 0.29) is 0 Å². The molecule has 1 aliphatic carbocycles. The van der Waals surface area contributed by atoms with Gasteiger partial charge in [-0.2, -0.15) is 0 Å². The highest BCUT2D eigenvalue weighted by Crippen LogP contribution is 2.34. The first-order valence-electron chi connectivity index (χ1n) is 5.41. The van der Waals surface area contributed by atoms with Crippen LogP contribution in [0.3, 0.4) is 0 Å². The summed E-state index contributed by atoms with van der Waals surface area (Å²) in [5.74, 6) is 1.67. The average Bonchev–Trinajstić information content (AvgIpc) is 3.02. The normalized spacial score (nSPS) is 14.9. The van der Waals surface area contributed by atoms with E-state index in [9.17, 15) is 0 Å². The van der Waals surface area contributed by atoms with Gasteiger partial charge in [0.05, 0.1) is 11.1 Å². The molecule has 0 atom stereocenters. The van der Waals surface area contributed by atoms with Crippen molar-refractivity contribution in [2.24, 2.45) is 0 Å². The number of rotatable bonds is 3. The molecule has 0 saturated heterocycles. The molecule has 0 radical (unpaired) electrons. The molecule has 1 aromatic heterocycles. The Labute approximate surface area is 103 Å². The molecule has 2 N–H and O–H groups in total. The lowest BCUT2D eigenvalue weighted by Gasteiger charge is -2.07. The van der Waals surface area contributed by atoms with E-state index in [1.54, 1.807) is 12.1 Å². The lowest BCUT2D eigenvalue weighted by atomic mass is 10.1. The Morgan fingerprint density at radius 3 is 2.76 bits per heavy atom. The van der Waals surface area contributed by atoms with E-state index in [0.717, 1.165) is 18.4 Å². The van der Waals surface area contributed by atoms with Gasteiger partial charge in [0.1, 0.15) is 5.75 Å². The van der Waals surface area contributed by atoms with Crippen LogP contribution < -0.4 is 10.5 Å². The quantitative estimate of drug-likeness (QED) is 0.909. The number of halogens is 1. The Bertz CT molecular complexity index is 549. The molecule has 0 aliphatic heterocycles. The van der Waals surface area contributed by atoms with Crippen LogP contribution in [0, 0.1) is 0 Å². The number of benzene rings is 1. The molecule has 88 valence electrons. The zero-order valence-electron chi connectivity index (χ0n) is 9.02. The molecule has 1 fully saturated rings. The molecule has 17 heavy (non-hydrogen) atoms. The van der Waals surface area contributed by atoms with Gasteiger partial charge in [0.2, 0.25) is 0 Å². The first-order valence-corrected chi connectivity index (χ1v) is 5.79. The van der Waals surface area contributed by atoms with E-state index in [1.165, 1.54) is 0 Å². The van der Waals surface area contributed by atoms with E-state index >= 15 is 0 Å². The minimum Gasteiger partial charge on any atom is -0.489 e. The summed E-state index contributed by atoms with van der Waals surface area (Å²) in [7, 11) is 0. The Kier molecular flexibility index (Phi) is 2.44. The van der Waals surface area contributed by atoms with Crippen LogP contribution >= 0.6 is 11.6 Å². The number of anilines is 1. The molecular formula is C12H11ClN2O2. The molecule has 1 aliphatic rings. The molecule has 3 rings (SSSR count). The number of nitrogens with two attached hydrogens (primary N) is 1. The molecule has 1 heterocycles. The summed E-state index contributed by atoms with van der Waals surface area (Å²) in [5, 5.41) is 4.21. The summed E-state index contributed by atoms with van der Waals surface area (Å²) in [6, 6.07) is 7.17. The van der Waals surface area contributed by atoms with Gasteiger partial charge in [-0.15, -0.1) is 0 Å². The van der Waals surface area contributed by atoms with Crippen molar-refractivity contribution >= 4 is 17.4 Å². The van der Waals surface area contributed by atoms with Gasteiger partial charge in [-0.05, 0) is 31.0 Å². The maximum absolute atomic E-state index is 6.14. The molecule has 5 heteroatoms. The number of hydrogen-bond acceptors (Lipinski definition) is 4. The Morgan fingerprint density at radius 1 is 1.35 bits per heavy atom. The van der Waals surface area contributed by atoms with Crippen molar-refractivity contribution in [2.45, 2.75) is 18.9 Å². The molecule has 1 aromatic carbocycles. The van der Waals surface area contributed by atoms with E-state index in [4.69, 9.17) is 26.6 Å². The standard InChI is InChI=1S/C12H11ClN2O2/c13-9-5-7(11-6-12(14)15-17-11)1-4-10(9)16-8-2-3-8/h1,4-6,8H,2-3H2,(H2,14,15). The van der Waals surface area contributed by atoms with Gasteiger partial charge in [0, 0.05) is 11.6 Å². The minimum atomic E-state index is 0.333. The Morgan fingerprint density at radius 2 is 2.18 bits per heavy atom. The van der Waals surface area contributed by atoms with Crippen LogP contribution in [0.15, 0.2) is 28.8 Å². The molecule has 1 saturated carbocycles. The maximum Gasteiger partial charge on any atom is 0.169 e. The van der Waals surface area contributed by atoms with E-state index in [0.29, 0.717) is 28.5 Å². The van der Waals surface area contributed by atoms with Gasteiger partial charge in [0.15, 0.2) is 11.6 Å². The van der Waals surface area contributed by atoms with Gasteiger partial charge in [0.25, 0.3) is 0 Å². The SMILES string of the molecule is Nc1cc(-c2ccc(OC3CC3)c(Cl)c2)on1. The minimum absolute atomic E-state index is 0.333. The number of hydrogen-bond donors (Lipinski definition) is 1. The van der Waals surface area contributed by atoms with Crippen LogP contribution in [0.1, 0.15) is 12.8 Å². The van der Waals surface area contributed by atoms with Crippen LogP contribution in [-0.4, -0.2) is 11.3 Å². The predicted molar refractivity (Wildman–Crippen MR) is 65.0 cm³/mol. The lowest BCUT2D eigenvalue weighted by Crippen LogP contribution is -1.96. The second kappa shape index (κ2) is 3.96. The predicted octanol–water partition coefficient (Wildman–Crippen LogP) is 3.12. The van der Waals surface area contributed by atoms with Crippen molar-refractivity contribution in [1.29, 1.82) is 0 Å². The lowest BCUT2D eigenvalue weighted by molar-refractivity contribution is 0.303. The fourth-order valence-corrected chi connectivity index (χ4v) is 1.77. The Balaban J connectivity index is 1.89. The second-order valence-electron chi connectivity index (χ2n) is 4.08. The van der Waals surface area contributed by atoms with Crippen molar-refractivity contribution in [2.75, 3.05) is 5.73 Å². The van der Waals surface area contributed by atoms with Crippen LogP contribution in [0.2, 0.25) is 5.02 Å². The van der Waals surface area contributed by atoms with Crippen molar-refractivity contribution in [3.05, 3.63) is 29.3 Å². The number of nitrogens with zero attached hydrogens (tertiary/aromatic N) is 1. The molecular weight excluding hydrogens is 240 g/mol. The highest BCUT2D eigenvalue weighted by molar-refractivity contribution is 6.32. The third-order valence-electron chi connectivity index (χ3n) is 2.56. The van der Waals surface area contributed by atoms with Crippen molar-refractivity contribution < 1.29 is 9.26 Å². The first-order chi connectivity index (χ1) is 8.22. The van der Waals surface area contributed by atoms with Crippen molar-refractivity contribution in [1.82, 2.24) is 5.16 Å². The highest BCUT2D eigenvalue weighted by atomic mass is 35.5. The zero-order chi connectivity index (χ0) is 11.8.